The second-order valence-corrected chi connectivity index (χ2v) is 5.50. The summed E-state index contributed by atoms with van der Waals surface area (Å²) in [6.45, 7) is 8.48. The van der Waals surface area contributed by atoms with Crippen molar-refractivity contribution in [3.8, 4) is 0 Å². The molecule has 21 heavy (non-hydrogen) atoms. The van der Waals surface area contributed by atoms with Crippen LogP contribution in [0.3, 0.4) is 0 Å². The van der Waals surface area contributed by atoms with Crippen LogP contribution in [0.15, 0.2) is 6.07 Å². The molecule has 6 heteroatoms. The van der Waals surface area contributed by atoms with Gasteiger partial charge in [0.1, 0.15) is 0 Å². The van der Waals surface area contributed by atoms with Crippen LogP contribution in [-0.2, 0) is 19.4 Å². The van der Waals surface area contributed by atoms with Gasteiger partial charge in [0.05, 0.1) is 33.9 Å². The van der Waals surface area contributed by atoms with Gasteiger partial charge in [-0.25, -0.2) is 0 Å². The van der Waals surface area contributed by atoms with Gasteiger partial charge in [-0.2, -0.15) is 15.3 Å². The largest absolute Gasteiger partial charge is 0.388 e. The molecule has 1 N–H and O–H groups in total. The van der Waals surface area contributed by atoms with E-state index in [2.05, 4.69) is 15.3 Å². The van der Waals surface area contributed by atoms with Crippen LogP contribution >= 0.6 is 11.6 Å². The number of hydrogen-bond donors (Lipinski definition) is 1. The van der Waals surface area contributed by atoms with E-state index in [-0.39, 0.29) is 0 Å². The molecule has 0 amide bonds. The second kappa shape index (κ2) is 6.54. The minimum absolute atomic E-state index is 0.422. The number of aliphatic hydroxyl groups excluding tert-OH is 1. The molecule has 2 aromatic rings. The Hall–Kier alpha value is -1.46. The van der Waals surface area contributed by atoms with Crippen LogP contribution in [0.2, 0.25) is 5.02 Å². The van der Waals surface area contributed by atoms with Crippen LogP contribution in [0.5, 0.6) is 0 Å². The number of aliphatic hydroxyl groups is 1. The van der Waals surface area contributed by atoms with Crippen molar-refractivity contribution in [2.75, 3.05) is 0 Å². The molecule has 2 aromatic heterocycles. The minimum Gasteiger partial charge on any atom is -0.388 e. The van der Waals surface area contributed by atoms with Crippen molar-refractivity contribution in [1.82, 2.24) is 20.0 Å². The summed E-state index contributed by atoms with van der Waals surface area (Å²) in [7, 11) is 0. The molecule has 2 heterocycles. The Balaban J connectivity index is 2.33. The topological polar surface area (TPSA) is 63.8 Å². The number of rotatable bonds is 5. The summed E-state index contributed by atoms with van der Waals surface area (Å²) in [5.41, 5.74) is 4.07. The van der Waals surface area contributed by atoms with Crippen molar-refractivity contribution in [3.63, 3.8) is 0 Å². The fourth-order valence-corrected chi connectivity index (χ4v) is 2.76. The van der Waals surface area contributed by atoms with Crippen molar-refractivity contribution >= 4 is 11.6 Å². The van der Waals surface area contributed by atoms with E-state index in [4.69, 9.17) is 11.6 Å². The Labute approximate surface area is 130 Å². The predicted octanol–water partition coefficient (Wildman–Crippen LogP) is 2.80. The number of aryl methyl sites for hydroxylation is 4. The highest BCUT2D eigenvalue weighted by Crippen LogP contribution is 2.27. The molecule has 2 rings (SSSR count). The predicted molar refractivity (Wildman–Crippen MR) is 82.5 cm³/mol. The molecular weight excluding hydrogens is 288 g/mol. The first-order valence-corrected chi connectivity index (χ1v) is 7.58. The van der Waals surface area contributed by atoms with Gasteiger partial charge in [0.15, 0.2) is 0 Å². The van der Waals surface area contributed by atoms with Crippen molar-refractivity contribution < 1.29 is 5.11 Å². The van der Waals surface area contributed by atoms with E-state index in [1.807, 2.05) is 38.4 Å². The summed E-state index contributed by atoms with van der Waals surface area (Å²) in [4.78, 5) is 0. The third-order valence-corrected chi connectivity index (χ3v) is 4.02. The fraction of sp³-hybridized carbons (Fsp3) is 0.533. The smallest absolute Gasteiger partial charge is 0.0864 e. The van der Waals surface area contributed by atoms with E-state index in [0.29, 0.717) is 11.4 Å². The number of hydrogen-bond acceptors (Lipinski definition) is 4. The van der Waals surface area contributed by atoms with Crippen LogP contribution in [0.1, 0.15) is 48.3 Å². The zero-order valence-corrected chi connectivity index (χ0v) is 13.6. The first-order valence-electron chi connectivity index (χ1n) is 7.20. The molecule has 1 unspecified atom stereocenters. The Morgan fingerprint density at radius 2 is 2.00 bits per heavy atom. The molecule has 0 saturated heterocycles. The molecular formula is C15H21ClN4O. The van der Waals surface area contributed by atoms with Crippen molar-refractivity contribution in [3.05, 3.63) is 39.4 Å². The molecule has 0 aliphatic carbocycles. The summed E-state index contributed by atoms with van der Waals surface area (Å²) >= 11 is 6.39. The maximum atomic E-state index is 10.5. The Morgan fingerprint density at radius 3 is 2.62 bits per heavy atom. The molecule has 0 aliphatic rings. The third-order valence-electron chi connectivity index (χ3n) is 3.58. The van der Waals surface area contributed by atoms with Gasteiger partial charge < -0.3 is 5.11 Å². The normalized spacial score (nSPS) is 12.7. The lowest BCUT2D eigenvalue weighted by molar-refractivity contribution is 0.174. The van der Waals surface area contributed by atoms with E-state index >= 15 is 0 Å². The maximum Gasteiger partial charge on any atom is 0.0864 e. The summed E-state index contributed by atoms with van der Waals surface area (Å²) in [5, 5.41) is 23.7. The van der Waals surface area contributed by atoms with Crippen LogP contribution in [0.25, 0.3) is 0 Å². The Bertz CT molecular complexity index is 639. The van der Waals surface area contributed by atoms with Gasteiger partial charge in [-0.05, 0) is 33.3 Å². The van der Waals surface area contributed by atoms with E-state index in [0.717, 1.165) is 41.3 Å². The highest BCUT2D eigenvalue weighted by molar-refractivity contribution is 6.31. The van der Waals surface area contributed by atoms with Gasteiger partial charge >= 0.3 is 0 Å². The summed E-state index contributed by atoms with van der Waals surface area (Å²) in [5.74, 6) is 0. The highest BCUT2D eigenvalue weighted by Gasteiger charge is 2.20. The lowest BCUT2D eigenvalue weighted by Gasteiger charge is -2.14. The van der Waals surface area contributed by atoms with Gasteiger partial charge in [-0.1, -0.05) is 18.5 Å². The molecule has 0 fully saturated rings. The standard InChI is InChI=1S/C15H21ClN4O/c1-5-12-15(16)13(20(6-2)19-12)8-14(21)11-7-9(3)17-18-10(11)4/h7,14,21H,5-6,8H2,1-4H3. The molecule has 1 atom stereocenters. The first-order chi connectivity index (χ1) is 9.97. The van der Waals surface area contributed by atoms with E-state index < -0.39 is 6.10 Å². The molecule has 0 saturated carbocycles. The van der Waals surface area contributed by atoms with Gasteiger partial charge in [0.2, 0.25) is 0 Å². The first kappa shape index (κ1) is 15.9. The van der Waals surface area contributed by atoms with Gasteiger partial charge in [0, 0.05) is 18.5 Å². The second-order valence-electron chi connectivity index (χ2n) is 5.12. The number of nitrogens with zero attached hydrogens (tertiary/aromatic N) is 4. The third kappa shape index (κ3) is 3.24. The summed E-state index contributed by atoms with van der Waals surface area (Å²) < 4.78 is 1.86. The number of halogens is 1. The number of aromatic nitrogens is 4. The molecule has 0 aromatic carbocycles. The average molecular weight is 309 g/mol. The zero-order chi connectivity index (χ0) is 15.6. The molecule has 0 spiro atoms. The molecule has 5 nitrogen and oxygen atoms in total. The highest BCUT2D eigenvalue weighted by atomic mass is 35.5. The van der Waals surface area contributed by atoms with E-state index in [9.17, 15) is 5.11 Å². The average Bonchev–Trinajstić information content (AvgIpc) is 2.77. The van der Waals surface area contributed by atoms with E-state index in [1.54, 1.807) is 0 Å². The lowest BCUT2D eigenvalue weighted by atomic mass is 10.0. The molecule has 0 radical (unpaired) electrons. The fourth-order valence-electron chi connectivity index (χ4n) is 2.41. The van der Waals surface area contributed by atoms with Crippen molar-refractivity contribution in [1.29, 1.82) is 0 Å². The summed E-state index contributed by atoms with van der Waals surface area (Å²) in [6.07, 6.45) is 0.540. The Kier molecular flexibility index (Phi) is 4.96. The Morgan fingerprint density at radius 1 is 1.29 bits per heavy atom. The minimum atomic E-state index is -0.664. The molecule has 114 valence electrons. The van der Waals surface area contributed by atoms with Crippen LogP contribution in [-0.4, -0.2) is 25.1 Å². The summed E-state index contributed by atoms with van der Waals surface area (Å²) in [6, 6.07) is 1.87. The van der Waals surface area contributed by atoms with Crippen LogP contribution < -0.4 is 0 Å². The van der Waals surface area contributed by atoms with Gasteiger partial charge in [-0.15, -0.1) is 0 Å². The van der Waals surface area contributed by atoms with Crippen molar-refractivity contribution in [2.24, 2.45) is 0 Å². The van der Waals surface area contributed by atoms with Crippen molar-refractivity contribution in [2.45, 2.75) is 53.2 Å². The van der Waals surface area contributed by atoms with Crippen LogP contribution in [0.4, 0.5) is 0 Å². The van der Waals surface area contributed by atoms with E-state index in [1.165, 1.54) is 0 Å². The SMILES string of the molecule is CCc1nn(CC)c(CC(O)c2cc(C)nnc2C)c1Cl. The molecule has 0 aliphatic heterocycles. The quantitative estimate of drug-likeness (QED) is 0.922. The van der Waals surface area contributed by atoms with Crippen LogP contribution in [0, 0.1) is 13.8 Å². The van der Waals surface area contributed by atoms with Gasteiger partial charge in [-0.3, -0.25) is 4.68 Å². The monoisotopic (exact) mass is 308 g/mol. The molecule has 0 bridgehead atoms. The maximum absolute atomic E-state index is 10.5. The zero-order valence-electron chi connectivity index (χ0n) is 12.9. The lowest BCUT2D eigenvalue weighted by Crippen LogP contribution is -2.11. The van der Waals surface area contributed by atoms with Gasteiger partial charge in [0.25, 0.3) is 0 Å².